The van der Waals surface area contributed by atoms with Crippen molar-refractivity contribution in [3.63, 3.8) is 0 Å². The van der Waals surface area contributed by atoms with E-state index >= 15 is 0 Å². The molecule has 2 aromatic heterocycles. The van der Waals surface area contributed by atoms with E-state index < -0.39 is 0 Å². The Hall–Kier alpha value is -2.73. The van der Waals surface area contributed by atoms with Gasteiger partial charge in [-0.1, -0.05) is 18.5 Å². The highest BCUT2D eigenvalue weighted by Crippen LogP contribution is 2.15. The molecule has 3 rings (SSSR count). The number of amides is 1. The summed E-state index contributed by atoms with van der Waals surface area (Å²) >= 11 is 5.99. The second-order valence-electron chi connectivity index (χ2n) is 5.64. The first-order valence-corrected chi connectivity index (χ1v) is 8.34. The van der Waals surface area contributed by atoms with Crippen molar-refractivity contribution in [2.75, 3.05) is 6.54 Å². The summed E-state index contributed by atoms with van der Waals surface area (Å²) in [6, 6.07) is 8.36. The average Bonchev–Trinajstić information content (AvgIpc) is 2.61. The zero-order chi connectivity index (χ0) is 17.8. The van der Waals surface area contributed by atoms with Crippen LogP contribution in [0.2, 0.25) is 5.02 Å². The third kappa shape index (κ3) is 3.85. The molecule has 0 fully saturated rings. The van der Waals surface area contributed by atoms with Crippen LogP contribution in [0.25, 0.3) is 10.9 Å². The van der Waals surface area contributed by atoms with Gasteiger partial charge in [-0.05, 0) is 36.8 Å². The number of nitrogens with zero attached hydrogens (tertiary/aromatic N) is 3. The smallest absolute Gasteiger partial charge is 0.258 e. The summed E-state index contributed by atoms with van der Waals surface area (Å²) in [7, 11) is 0. The number of fused-ring (bicyclic) bond motifs is 1. The van der Waals surface area contributed by atoms with Gasteiger partial charge >= 0.3 is 0 Å². The highest BCUT2D eigenvalue weighted by molar-refractivity contribution is 6.31. The molecule has 0 saturated carbocycles. The highest BCUT2D eigenvalue weighted by Gasteiger charge is 2.17. The van der Waals surface area contributed by atoms with E-state index in [4.69, 9.17) is 11.6 Å². The first-order valence-electron chi connectivity index (χ1n) is 7.96. The number of rotatable bonds is 5. The van der Waals surface area contributed by atoms with Crippen LogP contribution in [0, 0.1) is 0 Å². The van der Waals surface area contributed by atoms with E-state index in [9.17, 15) is 9.59 Å². The van der Waals surface area contributed by atoms with Gasteiger partial charge in [0.25, 0.3) is 11.5 Å². The van der Waals surface area contributed by atoms with Crippen molar-refractivity contribution in [2.24, 2.45) is 0 Å². The van der Waals surface area contributed by atoms with E-state index in [1.54, 1.807) is 41.4 Å². The maximum atomic E-state index is 12.7. The van der Waals surface area contributed by atoms with E-state index in [0.29, 0.717) is 33.9 Å². The molecule has 0 unspecified atom stereocenters. The van der Waals surface area contributed by atoms with Gasteiger partial charge in [0.1, 0.15) is 5.82 Å². The van der Waals surface area contributed by atoms with Crippen molar-refractivity contribution in [1.82, 2.24) is 19.9 Å². The molecule has 1 amide bonds. The number of pyridine rings is 1. The van der Waals surface area contributed by atoms with Crippen LogP contribution in [0.1, 0.15) is 29.5 Å². The first kappa shape index (κ1) is 17.1. The average molecular weight is 357 g/mol. The number of aromatic nitrogens is 3. The number of carbonyl (C=O) groups is 1. The predicted molar refractivity (Wildman–Crippen MR) is 96.6 cm³/mol. The summed E-state index contributed by atoms with van der Waals surface area (Å²) < 4.78 is 0. The van der Waals surface area contributed by atoms with Gasteiger partial charge in [0.05, 0.1) is 23.0 Å². The highest BCUT2D eigenvalue weighted by atomic mass is 35.5. The Balaban J connectivity index is 1.93. The molecule has 25 heavy (non-hydrogen) atoms. The number of hydrogen-bond acceptors (Lipinski definition) is 4. The summed E-state index contributed by atoms with van der Waals surface area (Å²) in [6.45, 7) is 2.74. The van der Waals surface area contributed by atoms with Crippen LogP contribution >= 0.6 is 11.6 Å². The second-order valence-corrected chi connectivity index (χ2v) is 6.08. The van der Waals surface area contributed by atoms with Gasteiger partial charge in [0.2, 0.25) is 0 Å². The zero-order valence-electron chi connectivity index (χ0n) is 13.7. The SMILES string of the molecule is CCCN(Cc1nc2cc(Cl)ccc2c(=O)[nH]1)C(=O)c1cccnc1. The lowest BCUT2D eigenvalue weighted by Crippen LogP contribution is -2.32. The van der Waals surface area contributed by atoms with E-state index in [1.165, 1.54) is 6.20 Å². The molecule has 7 heteroatoms. The molecule has 0 saturated heterocycles. The van der Waals surface area contributed by atoms with Crippen LogP contribution in [0.3, 0.4) is 0 Å². The fourth-order valence-corrected chi connectivity index (χ4v) is 2.78. The molecule has 0 atom stereocenters. The Bertz CT molecular complexity index is 956. The van der Waals surface area contributed by atoms with E-state index in [0.717, 1.165) is 6.42 Å². The lowest BCUT2D eigenvalue weighted by atomic mass is 10.2. The molecule has 1 aromatic carbocycles. The van der Waals surface area contributed by atoms with Crippen LogP contribution < -0.4 is 5.56 Å². The van der Waals surface area contributed by atoms with E-state index in [2.05, 4.69) is 15.0 Å². The minimum atomic E-state index is -0.248. The van der Waals surface area contributed by atoms with Gasteiger partial charge in [-0.3, -0.25) is 14.6 Å². The summed E-state index contributed by atoms with van der Waals surface area (Å²) in [4.78, 5) is 37.7. The van der Waals surface area contributed by atoms with Gasteiger partial charge in [0.15, 0.2) is 0 Å². The van der Waals surface area contributed by atoms with Crippen molar-refractivity contribution in [2.45, 2.75) is 19.9 Å². The standard InChI is InChI=1S/C18H17ClN4O2/c1-2-8-23(18(25)12-4-3-7-20-10-12)11-16-21-15-9-13(19)5-6-14(15)17(24)22-16/h3-7,9-10H,2,8,11H2,1H3,(H,21,22,24). The van der Waals surface area contributed by atoms with Crippen molar-refractivity contribution >= 4 is 28.4 Å². The topological polar surface area (TPSA) is 79.0 Å². The molecular weight excluding hydrogens is 340 g/mol. The number of nitrogens with one attached hydrogen (secondary N) is 1. The molecule has 6 nitrogen and oxygen atoms in total. The number of hydrogen-bond donors (Lipinski definition) is 1. The van der Waals surface area contributed by atoms with E-state index in [1.807, 2.05) is 6.92 Å². The zero-order valence-corrected chi connectivity index (χ0v) is 14.5. The molecule has 0 radical (unpaired) electrons. The summed E-state index contributed by atoms with van der Waals surface area (Å²) in [5.74, 6) is 0.272. The van der Waals surface area contributed by atoms with Gasteiger partial charge in [-0.15, -0.1) is 0 Å². The van der Waals surface area contributed by atoms with Crippen molar-refractivity contribution in [3.8, 4) is 0 Å². The summed E-state index contributed by atoms with van der Waals surface area (Å²) in [5.41, 5.74) is 0.764. The van der Waals surface area contributed by atoms with Gasteiger partial charge in [-0.25, -0.2) is 4.98 Å². The molecule has 128 valence electrons. The van der Waals surface area contributed by atoms with Crippen LogP contribution in [0.4, 0.5) is 0 Å². The second kappa shape index (κ2) is 7.44. The molecule has 0 aliphatic heterocycles. The Morgan fingerprint density at radius 3 is 2.88 bits per heavy atom. The molecule has 0 bridgehead atoms. The Labute approximate surface area is 149 Å². The maximum Gasteiger partial charge on any atom is 0.258 e. The molecule has 3 aromatic rings. The largest absolute Gasteiger partial charge is 0.331 e. The normalized spacial score (nSPS) is 10.8. The first-order chi connectivity index (χ1) is 12.1. The maximum absolute atomic E-state index is 12.7. The summed E-state index contributed by atoms with van der Waals surface area (Å²) in [6.07, 6.45) is 3.93. The number of H-pyrrole nitrogens is 1. The molecule has 1 N–H and O–H groups in total. The van der Waals surface area contributed by atoms with E-state index in [-0.39, 0.29) is 18.0 Å². The number of benzene rings is 1. The van der Waals surface area contributed by atoms with Gasteiger partial charge in [0, 0.05) is 24.0 Å². The fraction of sp³-hybridized carbons (Fsp3) is 0.222. The van der Waals surface area contributed by atoms with Crippen LogP contribution in [0.15, 0.2) is 47.5 Å². The minimum absolute atomic E-state index is 0.149. The third-order valence-corrected chi connectivity index (χ3v) is 3.98. The third-order valence-electron chi connectivity index (χ3n) is 3.75. The Morgan fingerprint density at radius 2 is 2.16 bits per heavy atom. The molecule has 0 spiro atoms. The number of aromatic amines is 1. The van der Waals surface area contributed by atoms with Crippen molar-refractivity contribution in [3.05, 3.63) is 69.5 Å². The van der Waals surface area contributed by atoms with Crippen LogP contribution in [-0.2, 0) is 6.54 Å². The van der Waals surface area contributed by atoms with Crippen LogP contribution in [-0.4, -0.2) is 32.3 Å². The lowest BCUT2D eigenvalue weighted by molar-refractivity contribution is 0.0738. The number of carbonyl (C=O) groups excluding carboxylic acids is 1. The lowest BCUT2D eigenvalue weighted by Gasteiger charge is -2.21. The minimum Gasteiger partial charge on any atom is -0.331 e. The molecule has 2 heterocycles. The molecular formula is C18H17ClN4O2. The Kier molecular flexibility index (Phi) is 5.09. The Morgan fingerprint density at radius 1 is 1.32 bits per heavy atom. The van der Waals surface area contributed by atoms with Gasteiger partial charge in [-0.2, -0.15) is 0 Å². The van der Waals surface area contributed by atoms with Crippen molar-refractivity contribution in [1.29, 1.82) is 0 Å². The monoisotopic (exact) mass is 356 g/mol. The number of halogens is 1. The quantitative estimate of drug-likeness (QED) is 0.762. The fourth-order valence-electron chi connectivity index (χ4n) is 2.61. The van der Waals surface area contributed by atoms with Gasteiger partial charge < -0.3 is 9.88 Å². The van der Waals surface area contributed by atoms with Crippen LogP contribution in [0.5, 0.6) is 0 Å². The summed E-state index contributed by atoms with van der Waals surface area (Å²) in [5, 5.41) is 0.974. The van der Waals surface area contributed by atoms with Crippen molar-refractivity contribution < 1.29 is 4.79 Å². The molecule has 0 aliphatic rings. The predicted octanol–water partition coefficient (Wildman–Crippen LogP) is 3.02. The molecule has 0 aliphatic carbocycles.